The Hall–Kier alpha value is -4.60. The maximum Gasteiger partial charge on any atom is 0.210 e. The number of hydrogen-bond donors (Lipinski definition) is 2. The van der Waals surface area contributed by atoms with Gasteiger partial charge < -0.3 is 38.6 Å². The molecular weight excluding hydrogens is 484 g/mol. The minimum absolute atomic E-state index is 0.0145. The molecule has 2 aliphatic heterocycles. The van der Waals surface area contributed by atoms with Crippen molar-refractivity contribution >= 4 is 11.6 Å². The zero-order chi connectivity index (χ0) is 26.3. The van der Waals surface area contributed by atoms with Crippen molar-refractivity contribution in [1.82, 2.24) is 0 Å². The molecule has 5 rings (SSSR count). The van der Waals surface area contributed by atoms with Crippen LogP contribution in [0.2, 0.25) is 0 Å². The molecule has 3 aromatic carbocycles. The molecule has 0 saturated heterocycles. The van der Waals surface area contributed by atoms with Crippen LogP contribution >= 0.6 is 0 Å². The van der Waals surface area contributed by atoms with E-state index in [9.17, 15) is 19.8 Å². The second-order valence-electron chi connectivity index (χ2n) is 8.47. The minimum Gasteiger partial charge on any atom is -0.508 e. The molecule has 2 aliphatic rings. The summed E-state index contributed by atoms with van der Waals surface area (Å²) in [5.74, 6) is 0.483. The van der Waals surface area contributed by atoms with Crippen molar-refractivity contribution in [3.05, 3.63) is 59.2 Å². The van der Waals surface area contributed by atoms with E-state index >= 15 is 0 Å². The third-order valence-corrected chi connectivity index (χ3v) is 6.23. The van der Waals surface area contributed by atoms with E-state index < -0.39 is 12.2 Å². The molecule has 0 aromatic heterocycles. The van der Waals surface area contributed by atoms with E-state index in [2.05, 4.69) is 0 Å². The topological polar surface area (TPSA) is 130 Å². The monoisotopic (exact) mass is 508 g/mol. The van der Waals surface area contributed by atoms with Gasteiger partial charge in [0.1, 0.15) is 47.0 Å². The minimum atomic E-state index is -0.974. The summed E-state index contributed by atoms with van der Waals surface area (Å²) in [6.07, 6.45) is -1.79. The third kappa shape index (κ3) is 4.31. The van der Waals surface area contributed by atoms with E-state index in [0.29, 0.717) is 22.6 Å². The predicted octanol–water partition coefficient (Wildman–Crippen LogP) is 3.85. The number of hydrogen-bond acceptors (Lipinski definition) is 10. The van der Waals surface area contributed by atoms with Gasteiger partial charge in [0, 0.05) is 17.7 Å². The maximum absolute atomic E-state index is 13.2. The van der Waals surface area contributed by atoms with Crippen LogP contribution in [0.1, 0.15) is 38.8 Å². The molecule has 0 saturated carbocycles. The van der Waals surface area contributed by atoms with Crippen molar-refractivity contribution in [2.75, 3.05) is 27.9 Å². The van der Waals surface area contributed by atoms with Crippen molar-refractivity contribution in [3.8, 4) is 46.0 Å². The quantitative estimate of drug-likeness (QED) is 0.506. The number of methoxy groups -OCH3 is 3. The molecule has 2 atom stereocenters. The number of benzene rings is 3. The SMILES string of the molecule is COc1ccc2c(c1)C(=O)C(Oc1c(OC)cc([C@@H]3CC(=O)c4c(O)cc(O)cc4O3)cc1OC)CO2. The molecule has 2 N–H and O–H groups in total. The largest absolute Gasteiger partial charge is 0.508 e. The van der Waals surface area contributed by atoms with E-state index in [1.54, 1.807) is 30.3 Å². The van der Waals surface area contributed by atoms with Gasteiger partial charge in [-0.1, -0.05) is 0 Å². The van der Waals surface area contributed by atoms with Crippen LogP contribution < -0.4 is 28.4 Å². The summed E-state index contributed by atoms with van der Waals surface area (Å²) < 4.78 is 34.0. The summed E-state index contributed by atoms with van der Waals surface area (Å²) >= 11 is 0. The first-order chi connectivity index (χ1) is 17.8. The van der Waals surface area contributed by atoms with Crippen molar-refractivity contribution in [1.29, 1.82) is 0 Å². The van der Waals surface area contributed by atoms with Crippen LogP contribution in [0.5, 0.6) is 46.0 Å². The number of Topliss-reactive ketones (excluding diaryl/α,β-unsaturated/α-hetero) is 2. The number of fused-ring (bicyclic) bond motifs is 2. The fourth-order valence-corrected chi connectivity index (χ4v) is 4.41. The highest BCUT2D eigenvalue weighted by Gasteiger charge is 2.35. The van der Waals surface area contributed by atoms with Gasteiger partial charge in [-0.25, -0.2) is 0 Å². The number of carbonyl (C=O) groups excluding carboxylic acids is 2. The van der Waals surface area contributed by atoms with Crippen LogP contribution in [0.15, 0.2) is 42.5 Å². The Kier molecular flexibility index (Phi) is 6.16. The fourth-order valence-electron chi connectivity index (χ4n) is 4.41. The summed E-state index contributed by atoms with van der Waals surface area (Å²) in [7, 11) is 4.38. The summed E-state index contributed by atoms with van der Waals surface area (Å²) in [6.45, 7) is -0.0176. The smallest absolute Gasteiger partial charge is 0.210 e. The maximum atomic E-state index is 13.2. The van der Waals surface area contributed by atoms with Crippen molar-refractivity contribution in [3.63, 3.8) is 0 Å². The Labute approximate surface area is 211 Å². The molecule has 0 radical (unpaired) electrons. The van der Waals surface area contributed by atoms with E-state index in [1.165, 1.54) is 27.4 Å². The number of ether oxygens (including phenoxy) is 6. The molecule has 0 spiro atoms. The van der Waals surface area contributed by atoms with E-state index in [-0.39, 0.29) is 64.7 Å². The van der Waals surface area contributed by atoms with E-state index in [1.807, 2.05) is 0 Å². The van der Waals surface area contributed by atoms with E-state index in [4.69, 9.17) is 28.4 Å². The number of phenols is 2. The molecule has 192 valence electrons. The van der Waals surface area contributed by atoms with Crippen molar-refractivity contribution < 1.29 is 48.2 Å². The Morgan fingerprint density at radius 2 is 1.62 bits per heavy atom. The number of carbonyl (C=O) groups is 2. The van der Waals surface area contributed by atoms with Gasteiger partial charge >= 0.3 is 0 Å². The van der Waals surface area contributed by atoms with Crippen LogP contribution in [0, 0.1) is 0 Å². The second-order valence-corrected chi connectivity index (χ2v) is 8.47. The van der Waals surface area contributed by atoms with Gasteiger partial charge in [0.2, 0.25) is 11.5 Å². The van der Waals surface area contributed by atoms with Crippen LogP contribution in [0.4, 0.5) is 0 Å². The summed E-state index contributed by atoms with van der Waals surface area (Å²) in [6, 6.07) is 10.6. The zero-order valence-electron chi connectivity index (χ0n) is 20.3. The van der Waals surface area contributed by atoms with Crippen molar-refractivity contribution in [2.45, 2.75) is 18.6 Å². The highest BCUT2D eigenvalue weighted by Crippen LogP contribution is 2.46. The second kappa shape index (κ2) is 9.45. The number of rotatable bonds is 6. The molecule has 1 unspecified atom stereocenters. The van der Waals surface area contributed by atoms with Gasteiger partial charge in [-0.2, -0.15) is 0 Å². The fraction of sp³-hybridized carbons (Fsp3) is 0.259. The van der Waals surface area contributed by atoms with Crippen LogP contribution in [-0.4, -0.2) is 55.8 Å². The Morgan fingerprint density at radius 1 is 0.892 bits per heavy atom. The molecule has 37 heavy (non-hydrogen) atoms. The van der Waals surface area contributed by atoms with Gasteiger partial charge in [-0.15, -0.1) is 0 Å². The van der Waals surface area contributed by atoms with Crippen molar-refractivity contribution in [2.24, 2.45) is 0 Å². The molecule has 0 amide bonds. The van der Waals surface area contributed by atoms with Gasteiger partial charge in [-0.05, 0) is 30.3 Å². The average Bonchev–Trinajstić information content (AvgIpc) is 2.89. The Balaban J connectivity index is 1.46. The first-order valence-electron chi connectivity index (χ1n) is 11.4. The highest BCUT2D eigenvalue weighted by molar-refractivity contribution is 6.04. The van der Waals surface area contributed by atoms with Crippen LogP contribution in [-0.2, 0) is 0 Å². The van der Waals surface area contributed by atoms with Crippen LogP contribution in [0.3, 0.4) is 0 Å². The highest BCUT2D eigenvalue weighted by atomic mass is 16.6. The van der Waals surface area contributed by atoms with Crippen LogP contribution in [0.25, 0.3) is 0 Å². The number of phenolic OH excluding ortho intramolecular Hbond substituents is 2. The molecule has 2 heterocycles. The summed E-state index contributed by atoms with van der Waals surface area (Å²) in [5, 5.41) is 19.9. The zero-order valence-corrected chi connectivity index (χ0v) is 20.3. The number of aromatic hydroxyl groups is 2. The predicted molar refractivity (Wildman–Crippen MR) is 129 cm³/mol. The first kappa shape index (κ1) is 24.1. The molecular formula is C27H24O10. The number of ketones is 2. The standard InChI is InChI=1S/C27H24O10/c1-32-15-4-5-19-16(10-15)26(31)24(12-35-19)37-27-22(33-2)6-13(7-23(27)34-3)20-11-18(30)25-17(29)8-14(28)9-21(25)36-20/h4-10,20,24,28-29H,11-12H2,1-3H3/t20-,24?/m0/s1. The normalized spacial score (nSPS) is 18.1. The molecule has 0 bridgehead atoms. The molecule has 0 fully saturated rings. The summed E-state index contributed by atoms with van der Waals surface area (Å²) in [5.41, 5.74) is 0.884. The summed E-state index contributed by atoms with van der Waals surface area (Å²) in [4.78, 5) is 25.9. The third-order valence-electron chi connectivity index (χ3n) is 6.23. The van der Waals surface area contributed by atoms with E-state index in [0.717, 1.165) is 6.07 Å². The lowest BCUT2D eigenvalue weighted by Crippen LogP contribution is -2.37. The molecule has 10 nitrogen and oxygen atoms in total. The lowest BCUT2D eigenvalue weighted by molar-refractivity contribution is 0.0612. The van der Waals surface area contributed by atoms with Gasteiger partial charge in [-0.3, -0.25) is 9.59 Å². The van der Waals surface area contributed by atoms with Gasteiger partial charge in [0.05, 0.1) is 33.3 Å². The lowest BCUT2D eigenvalue weighted by Gasteiger charge is -2.28. The molecule has 0 aliphatic carbocycles. The molecule has 10 heteroatoms. The Bertz CT molecular complexity index is 1370. The van der Waals surface area contributed by atoms with Gasteiger partial charge in [0.25, 0.3) is 0 Å². The lowest BCUT2D eigenvalue weighted by atomic mass is 9.95. The Morgan fingerprint density at radius 3 is 2.30 bits per heavy atom. The molecule has 3 aromatic rings. The first-order valence-corrected chi connectivity index (χ1v) is 11.4. The van der Waals surface area contributed by atoms with Gasteiger partial charge in [0.15, 0.2) is 23.4 Å². The average molecular weight is 508 g/mol.